The van der Waals surface area contributed by atoms with E-state index < -0.39 is 12.1 Å². The number of fused-ring (bicyclic) bond motifs is 1. The number of carboxylic acids is 1. The minimum atomic E-state index is -0.966. The van der Waals surface area contributed by atoms with E-state index in [4.69, 9.17) is 20.3 Å². The molecule has 0 spiro atoms. The third-order valence-corrected chi connectivity index (χ3v) is 3.36. The molecule has 0 amide bonds. The van der Waals surface area contributed by atoms with Crippen LogP contribution in [0, 0.1) is 0 Å². The van der Waals surface area contributed by atoms with Crippen molar-refractivity contribution in [3.63, 3.8) is 0 Å². The summed E-state index contributed by atoms with van der Waals surface area (Å²) in [6.07, 6.45) is 0.427. The topological polar surface area (TPSA) is 81.8 Å². The molecule has 5 heteroatoms. The lowest BCUT2D eigenvalue weighted by atomic mass is 9.93. The number of hydrogen-bond donors (Lipinski definition) is 2. The number of para-hydroxylation sites is 1. The van der Waals surface area contributed by atoms with Crippen LogP contribution >= 0.6 is 0 Å². The highest BCUT2D eigenvalue weighted by molar-refractivity contribution is 5.73. The number of hydrogen-bond acceptors (Lipinski definition) is 4. The van der Waals surface area contributed by atoms with Gasteiger partial charge < -0.3 is 20.3 Å². The number of ether oxygens (including phenoxy) is 2. The van der Waals surface area contributed by atoms with Crippen molar-refractivity contribution in [1.82, 2.24) is 0 Å². The van der Waals surface area contributed by atoms with Crippen LogP contribution in [0.2, 0.25) is 0 Å². The quantitative estimate of drug-likeness (QED) is 0.847. The molecule has 0 saturated carbocycles. The molecule has 3 N–H and O–H groups in total. The van der Waals surface area contributed by atoms with Gasteiger partial charge in [0.25, 0.3) is 0 Å². The Morgan fingerprint density at radius 2 is 2.42 bits per heavy atom. The number of carbonyl (C=O) groups is 1. The molecule has 1 aliphatic heterocycles. The van der Waals surface area contributed by atoms with Crippen LogP contribution in [0.1, 0.15) is 31.2 Å². The Labute approximate surface area is 112 Å². The summed E-state index contributed by atoms with van der Waals surface area (Å²) in [4.78, 5) is 11.0. The fourth-order valence-electron chi connectivity index (χ4n) is 2.27. The van der Waals surface area contributed by atoms with Crippen molar-refractivity contribution in [2.75, 3.05) is 13.2 Å². The van der Waals surface area contributed by atoms with E-state index in [1.165, 1.54) is 0 Å². The molecule has 0 aliphatic carbocycles. The number of carboxylic acid groups (broad SMARTS) is 1. The van der Waals surface area contributed by atoms with Crippen molar-refractivity contribution in [2.24, 2.45) is 5.73 Å². The van der Waals surface area contributed by atoms with E-state index in [-0.39, 0.29) is 5.92 Å². The molecule has 1 aliphatic rings. The van der Waals surface area contributed by atoms with Gasteiger partial charge in [-0.2, -0.15) is 0 Å². The average Bonchev–Trinajstić information content (AvgIpc) is 2.43. The maximum Gasteiger partial charge on any atom is 0.344 e. The number of aliphatic carboxylic acids is 1. The van der Waals surface area contributed by atoms with Crippen molar-refractivity contribution >= 4 is 5.97 Å². The van der Waals surface area contributed by atoms with Gasteiger partial charge in [0, 0.05) is 11.5 Å². The van der Waals surface area contributed by atoms with Gasteiger partial charge in [-0.3, -0.25) is 0 Å². The van der Waals surface area contributed by atoms with Gasteiger partial charge in [-0.15, -0.1) is 0 Å². The van der Waals surface area contributed by atoms with E-state index >= 15 is 0 Å². The zero-order chi connectivity index (χ0) is 13.8. The summed E-state index contributed by atoms with van der Waals surface area (Å²) in [5.41, 5.74) is 6.76. The van der Waals surface area contributed by atoms with Gasteiger partial charge in [-0.25, -0.2) is 4.79 Å². The van der Waals surface area contributed by atoms with Crippen LogP contribution in [-0.4, -0.2) is 30.3 Å². The molecule has 0 aromatic heterocycles. The fourth-order valence-corrected chi connectivity index (χ4v) is 2.27. The summed E-state index contributed by atoms with van der Waals surface area (Å²) in [5, 5.41) is 9.05. The molecule has 0 bridgehead atoms. The average molecular weight is 265 g/mol. The summed E-state index contributed by atoms with van der Waals surface area (Å²) >= 11 is 0. The first kappa shape index (κ1) is 13.7. The highest BCUT2D eigenvalue weighted by atomic mass is 16.5. The van der Waals surface area contributed by atoms with Crippen molar-refractivity contribution in [1.29, 1.82) is 0 Å². The van der Waals surface area contributed by atoms with Crippen LogP contribution in [0.25, 0.3) is 0 Å². The fraction of sp³-hybridized carbons (Fsp3) is 0.500. The van der Waals surface area contributed by atoms with Gasteiger partial charge in [0.1, 0.15) is 0 Å². The van der Waals surface area contributed by atoms with Crippen LogP contribution in [0.3, 0.4) is 0 Å². The van der Waals surface area contributed by atoms with E-state index in [9.17, 15) is 4.79 Å². The molecule has 1 aromatic rings. The number of nitrogens with two attached hydrogens (primary N) is 1. The van der Waals surface area contributed by atoms with Crippen LogP contribution in [0.4, 0.5) is 0 Å². The van der Waals surface area contributed by atoms with Crippen molar-refractivity contribution in [3.05, 3.63) is 23.8 Å². The molecule has 2 unspecified atom stereocenters. The molecule has 0 fully saturated rings. The van der Waals surface area contributed by atoms with Crippen molar-refractivity contribution in [2.45, 2.75) is 31.8 Å². The van der Waals surface area contributed by atoms with E-state index in [1.807, 2.05) is 12.1 Å². The van der Waals surface area contributed by atoms with E-state index in [1.54, 1.807) is 13.0 Å². The highest BCUT2D eigenvalue weighted by Gasteiger charge is 2.25. The van der Waals surface area contributed by atoms with Crippen LogP contribution in [0.5, 0.6) is 11.5 Å². The summed E-state index contributed by atoms with van der Waals surface area (Å²) in [6.45, 7) is 2.91. The van der Waals surface area contributed by atoms with Gasteiger partial charge in [-0.1, -0.05) is 19.1 Å². The molecular weight excluding hydrogens is 246 g/mol. The monoisotopic (exact) mass is 265 g/mol. The van der Waals surface area contributed by atoms with Gasteiger partial charge in [0.2, 0.25) is 0 Å². The smallest absolute Gasteiger partial charge is 0.344 e. The minimum Gasteiger partial charge on any atom is -0.489 e. The van der Waals surface area contributed by atoms with Gasteiger partial charge in [0.15, 0.2) is 17.6 Å². The SMILES string of the molecule is CCC(Oc1cccc2c1OCCC2CN)C(=O)O. The van der Waals surface area contributed by atoms with Crippen LogP contribution in [-0.2, 0) is 4.79 Å². The molecule has 104 valence electrons. The Morgan fingerprint density at radius 1 is 1.63 bits per heavy atom. The Bertz CT molecular complexity index is 461. The highest BCUT2D eigenvalue weighted by Crippen LogP contribution is 2.40. The molecule has 2 atom stereocenters. The van der Waals surface area contributed by atoms with Gasteiger partial charge in [0.05, 0.1) is 6.61 Å². The molecule has 19 heavy (non-hydrogen) atoms. The normalized spacial score (nSPS) is 19.2. The van der Waals surface area contributed by atoms with E-state index in [2.05, 4.69) is 0 Å². The molecule has 1 aromatic carbocycles. The zero-order valence-corrected chi connectivity index (χ0v) is 11.0. The Morgan fingerprint density at radius 3 is 3.05 bits per heavy atom. The van der Waals surface area contributed by atoms with Gasteiger partial charge >= 0.3 is 5.97 Å². The maximum absolute atomic E-state index is 11.0. The first-order chi connectivity index (χ1) is 9.17. The summed E-state index contributed by atoms with van der Waals surface area (Å²) in [7, 11) is 0. The van der Waals surface area contributed by atoms with Crippen LogP contribution in [0.15, 0.2) is 18.2 Å². The van der Waals surface area contributed by atoms with Crippen LogP contribution < -0.4 is 15.2 Å². The molecule has 0 saturated heterocycles. The zero-order valence-electron chi connectivity index (χ0n) is 11.0. The third-order valence-electron chi connectivity index (χ3n) is 3.36. The largest absolute Gasteiger partial charge is 0.489 e. The summed E-state index contributed by atoms with van der Waals surface area (Å²) in [5.74, 6) is 0.414. The number of benzene rings is 1. The van der Waals surface area contributed by atoms with Crippen molar-refractivity contribution < 1.29 is 19.4 Å². The Balaban J connectivity index is 2.29. The maximum atomic E-state index is 11.0. The van der Waals surface area contributed by atoms with E-state index in [0.29, 0.717) is 31.1 Å². The predicted octanol–water partition coefficient (Wildman–Crippen LogP) is 1.75. The predicted molar refractivity (Wildman–Crippen MR) is 70.7 cm³/mol. The molecular formula is C14H19NO4. The molecule has 0 radical (unpaired) electrons. The Kier molecular flexibility index (Phi) is 4.27. The molecule has 2 rings (SSSR count). The lowest BCUT2D eigenvalue weighted by Crippen LogP contribution is -2.27. The second kappa shape index (κ2) is 5.93. The standard InChI is InChI=1S/C14H19NO4/c1-2-11(14(16)17)19-12-5-3-4-10-9(8-15)6-7-18-13(10)12/h3-5,9,11H,2,6-8,15H2,1H3,(H,16,17). The van der Waals surface area contributed by atoms with E-state index in [0.717, 1.165) is 12.0 Å². The first-order valence-corrected chi connectivity index (χ1v) is 6.52. The third kappa shape index (κ3) is 2.81. The van der Waals surface area contributed by atoms with Crippen molar-refractivity contribution in [3.8, 4) is 11.5 Å². The lowest BCUT2D eigenvalue weighted by molar-refractivity contribution is -0.145. The molecule has 5 nitrogen and oxygen atoms in total. The van der Waals surface area contributed by atoms with Gasteiger partial charge in [-0.05, 0) is 25.5 Å². The first-order valence-electron chi connectivity index (χ1n) is 6.52. The lowest BCUT2D eigenvalue weighted by Gasteiger charge is -2.27. The number of rotatable bonds is 5. The summed E-state index contributed by atoms with van der Waals surface area (Å²) in [6, 6.07) is 5.55. The summed E-state index contributed by atoms with van der Waals surface area (Å²) < 4.78 is 11.2. The second-order valence-corrected chi connectivity index (χ2v) is 4.60. The minimum absolute atomic E-state index is 0.247. The second-order valence-electron chi connectivity index (χ2n) is 4.60. The molecule has 1 heterocycles. The Hall–Kier alpha value is -1.75.